The Morgan fingerprint density at radius 3 is 1.62 bits per heavy atom. The average molecular weight is 571 g/mol. The molecule has 0 aliphatic carbocycles. The van der Waals surface area contributed by atoms with Gasteiger partial charge in [-0.25, -0.2) is 14.4 Å². The van der Waals surface area contributed by atoms with Crippen molar-refractivity contribution < 1.29 is 42.5 Å². The molecule has 0 bridgehead atoms. The van der Waals surface area contributed by atoms with Crippen LogP contribution in [0, 0.1) is 0 Å². The van der Waals surface area contributed by atoms with Crippen molar-refractivity contribution in [2.75, 3.05) is 13.2 Å². The first-order chi connectivity index (χ1) is 20.3. The first-order valence-electron chi connectivity index (χ1n) is 13.0. The molecule has 0 aromatic heterocycles. The Kier molecular flexibility index (Phi) is 9.68. The van der Waals surface area contributed by atoms with E-state index in [0.29, 0.717) is 12.2 Å². The number of rotatable bonds is 11. The predicted octanol–water partition coefficient (Wildman–Crippen LogP) is 6.98. The van der Waals surface area contributed by atoms with E-state index in [0.717, 1.165) is 16.9 Å². The fourth-order valence-corrected chi connectivity index (χ4v) is 3.76. The summed E-state index contributed by atoms with van der Waals surface area (Å²) in [5.74, 6) is -2.81. The van der Waals surface area contributed by atoms with Crippen molar-refractivity contribution in [3.8, 4) is 39.9 Å². The fourth-order valence-electron chi connectivity index (χ4n) is 3.76. The van der Waals surface area contributed by atoms with Crippen molar-refractivity contribution in [2.45, 2.75) is 13.8 Å². The molecule has 0 atom stereocenters. The highest BCUT2D eigenvalue weighted by Crippen LogP contribution is 2.33. The Labute approximate surface area is 241 Å². The Bertz CT molecular complexity index is 1580. The molecule has 4 aromatic carbocycles. The van der Waals surface area contributed by atoms with Crippen LogP contribution in [0.3, 0.4) is 0 Å². The molecule has 0 aliphatic rings. The number of esters is 3. The van der Waals surface area contributed by atoms with Crippen LogP contribution in [0.5, 0.6) is 28.7 Å². The van der Waals surface area contributed by atoms with Gasteiger partial charge in [0.05, 0.1) is 24.3 Å². The van der Waals surface area contributed by atoms with Gasteiger partial charge in [-0.05, 0) is 85.6 Å². The van der Waals surface area contributed by atoms with Crippen LogP contribution in [-0.4, -0.2) is 31.1 Å². The predicted molar refractivity (Wildman–Crippen MR) is 153 cm³/mol. The highest BCUT2D eigenvalue weighted by Gasteiger charge is 2.17. The maximum absolute atomic E-state index is 13.1. The molecule has 214 valence electrons. The molecule has 8 nitrogen and oxygen atoms in total. The third-order valence-corrected chi connectivity index (χ3v) is 5.77. The summed E-state index contributed by atoms with van der Waals surface area (Å²) in [5, 5.41) is 0. The van der Waals surface area contributed by atoms with Crippen LogP contribution >= 0.6 is 0 Å². The van der Waals surface area contributed by atoms with Gasteiger partial charge < -0.3 is 23.7 Å². The molecule has 0 radical (unpaired) electrons. The van der Waals surface area contributed by atoms with E-state index in [9.17, 15) is 18.8 Å². The van der Waals surface area contributed by atoms with E-state index >= 15 is 0 Å². The molecule has 0 saturated carbocycles. The van der Waals surface area contributed by atoms with E-state index in [1.54, 1.807) is 19.1 Å². The second-order valence-corrected chi connectivity index (χ2v) is 8.67. The van der Waals surface area contributed by atoms with Gasteiger partial charge in [0.15, 0.2) is 11.5 Å². The molecular weight excluding hydrogens is 543 g/mol. The van der Waals surface area contributed by atoms with Crippen LogP contribution in [0.25, 0.3) is 11.1 Å². The lowest BCUT2D eigenvalue weighted by Gasteiger charge is -2.12. The highest BCUT2D eigenvalue weighted by atomic mass is 19.1. The zero-order valence-electron chi connectivity index (χ0n) is 22.9. The summed E-state index contributed by atoms with van der Waals surface area (Å²) >= 11 is 0. The third kappa shape index (κ3) is 7.60. The van der Waals surface area contributed by atoms with E-state index in [2.05, 4.69) is 6.58 Å². The molecule has 0 heterocycles. The summed E-state index contributed by atoms with van der Waals surface area (Å²) in [7, 11) is 0. The molecule has 0 fully saturated rings. The van der Waals surface area contributed by atoms with Gasteiger partial charge in [-0.1, -0.05) is 30.8 Å². The van der Waals surface area contributed by atoms with E-state index in [1.165, 1.54) is 42.5 Å². The van der Waals surface area contributed by atoms with Gasteiger partial charge in [0.2, 0.25) is 5.83 Å². The molecule has 0 aliphatic heterocycles. The standard InChI is InChI=1S/C33H27FO8/c1-4-38-26-14-10-23(11-15-26)22-6-8-24(9-7-22)32(36)40-27-16-12-25(13-17-27)33(37)41-28-18-19-29(39-5-2)30(20-28)42-31(35)21(3)34/h6-20H,3-5H2,1-2H3. The van der Waals surface area contributed by atoms with Crippen LogP contribution < -0.4 is 23.7 Å². The minimum Gasteiger partial charge on any atom is -0.494 e. The smallest absolute Gasteiger partial charge is 0.372 e. The van der Waals surface area contributed by atoms with E-state index < -0.39 is 23.7 Å². The normalized spacial score (nSPS) is 10.4. The van der Waals surface area contributed by atoms with Crippen LogP contribution in [0.15, 0.2) is 103 Å². The second kappa shape index (κ2) is 13.8. The largest absolute Gasteiger partial charge is 0.494 e. The number of carbonyl (C=O) groups is 3. The summed E-state index contributed by atoms with van der Waals surface area (Å²) in [6, 6.07) is 24.5. The summed E-state index contributed by atoms with van der Waals surface area (Å²) in [6.07, 6.45) is 0. The number of hydrogen-bond acceptors (Lipinski definition) is 8. The topological polar surface area (TPSA) is 97.4 Å². The maximum Gasteiger partial charge on any atom is 0.372 e. The summed E-state index contributed by atoms with van der Waals surface area (Å²) in [4.78, 5) is 37.0. The van der Waals surface area contributed by atoms with Crippen molar-refractivity contribution in [3.05, 3.63) is 115 Å². The fraction of sp³-hybridized carbons (Fsp3) is 0.121. The number of halogens is 1. The lowest BCUT2D eigenvalue weighted by Crippen LogP contribution is -2.11. The minimum atomic E-state index is -1.30. The molecule has 0 spiro atoms. The summed E-state index contributed by atoms with van der Waals surface area (Å²) in [6.45, 7) is 7.39. The quantitative estimate of drug-likeness (QED) is 0.108. The monoisotopic (exact) mass is 570 g/mol. The zero-order chi connectivity index (χ0) is 30.1. The second-order valence-electron chi connectivity index (χ2n) is 8.67. The lowest BCUT2D eigenvalue weighted by atomic mass is 10.0. The van der Waals surface area contributed by atoms with Gasteiger partial charge in [-0.2, -0.15) is 4.39 Å². The third-order valence-electron chi connectivity index (χ3n) is 5.77. The van der Waals surface area contributed by atoms with Crippen molar-refractivity contribution in [3.63, 3.8) is 0 Å². The summed E-state index contributed by atoms with van der Waals surface area (Å²) < 4.78 is 39.7. The molecule has 9 heteroatoms. The van der Waals surface area contributed by atoms with Gasteiger partial charge in [0.25, 0.3) is 0 Å². The van der Waals surface area contributed by atoms with Crippen LogP contribution in [0.1, 0.15) is 34.6 Å². The first-order valence-corrected chi connectivity index (χ1v) is 13.0. The minimum absolute atomic E-state index is 0.0277. The molecule has 4 aromatic rings. The molecule has 0 saturated heterocycles. The van der Waals surface area contributed by atoms with Crippen LogP contribution in [0.2, 0.25) is 0 Å². The number of carbonyl (C=O) groups excluding carboxylic acids is 3. The van der Waals surface area contributed by atoms with E-state index in [1.807, 2.05) is 43.3 Å². The van der Waals surface area contributed by atoms with Crippen molar-refractivity contribution in [2.24, 2.45) is 0 Å². The zero-order valence-corrected chi connectivity index (χ0v) is 22.9. The Hall–Kier alpha value is -5.44. The van der Waals surface area contributed by atoms with Crippen molar-refractivity contribution in [1.29, 1.82) is 0 Å². The van der Waals surface area contributed by atoms with Crippen LogP contribution in [0.4, 0.5) is 4.39 Å². The SMILES string of the molecule is C=C(F)C(=O)Oc1cc(OC(=O)c2ccc(OC(=O)c3ccc(-c4ccc(OCC)cc4)cc3)cc2)ccc1OCC. The van der Waals surface area contributed by atoms with Crippen molar-refractivity contribution in [1.82, 2.24) is 0 Å². The lowest BCUT2D eigenvalue weighted by molar-refractivity contribution is -0.131. The van der Waals surface area contributed by atoms with Gasteiger partial charge >= 0.3 is 17.9 Å². The molecule has 0 N–H and O–H groups in total. The number of benzene rings is 4. The highest BCUT2D eigenvalue weighted by molar-refractivity contribution is 5.93. The average Bonchev–Trinajstić information content (AvgIpc) is 2.99. The Balaban J connectivity index is 1.38. The Morgan fingerprint density at radius 2 is 1.07 bits per heavy atom. The van der Waals surface area contributed by atoms with Gasteiger partial charge in [0.1, 0.15) is 17.2 Å². The molecule has 0 amide bonds. The summed E-state index contributed by atoms with van der Waals surface area (Å²) in [5.41, 5.74) is 2.44. The molecular formula is C33H27FO8. The Morgan fingerprint density at radius 1 is 0.595 bits per heavy atom. The molecule has 42 heavy (non-hydrogen) atoms. The van der Waals surface area contributed by atoms with Crippen molar-refractivity contribution >= 4 is 17.9 Å². The van der Waals surface area contributed by atoms with Gasteiger partial charge in [0, 0.05) is 6.07 Å². The van der Waals surface area contributed by atoms with Gasteiger partial charge in [-0.15, -0.1) is 0 Å². The van der Waals surface area contributed by atoms with Gasteiger partial charge in [-0.3, -0.25) is 0 Å². The molecule has 4 rings (SSSR count). The molecule has 0 unspecified atom stereocenters. The number of ether oxygens (including phenoxy) is 5. The van der Waals surface area contributed by atoms with Crippen LogP contribution in [-0.2, 0) is 4.79 Å². The number of hydrogen-bond donors (Lipinski definition) is 0. The first kappa shape index (κ1) is 29.5. The van der Waals surface area contributed by atoms with E-state index in [4.69, 9.17) is 23.7 Å². The maximum atomic E-state index is 13.1. The van der Waals surface area contributed by atoms with E-state index in [-0.39, 0.29) is 35.2 Å².